The minimum absolute atomic E-state index is 0.165. The fourth-order valence-corrected chi connectivity index (χ4v) is 2.24. The molecule has 0 saturated carbocycles. The van der Waals surface area contributed by atoms with Crippen molar-refractivity contribution < 1.29 is 19.1 Å². The van der Waals surface area contributed by atoms with Gasteiger partial charge in [0.05, 0.1) is 13.2 Å². The van der Waals surface area contributed by atoms with Crippen molar-refractivity contribution in [3.8, 4) is 0 Å². The Kier molecular flexibility index (Phi) is 12.2. The maximum atomic E-state index is 11.5. The standard InChI is InChI=1S/C18H30O4/c1-5-9-15(11-13-17(19)21-7-3)16(10-6-2)12-14-18(20)22-8-4/h11,13H,5-10,12,14H2,1-4H3/b13-11+,16-15+. The molecule has 0 aromatic carbocycles. The van der Waals surface area contributed by atoms with Gasteiger partial charge in [-0.25, -0.2) is 4.79 Å². The predicted molar refractivity (Wildman–Crippen MR) is 88.5 cm³/mol. The second-order valence-electron chi connectivity index (χ2n) is 5.02. The van der Waals surface area contributed by atoms with E-state index in [4.69, 9.17) is 9.47 Å². The van der Waals surface area contributed by atoms with E-state index in [0.29, 0.717) is 26.1 Å². The van der Waals surface area contributed by atoms with Gasteiger partial charge in [-0.05, 0) is 38.7 Å². The molecule has 0 aromatic rings. The fourth-order valence-electron chi connectivity index (χ4n) is 2.24. The van der Waals surface area contributed by atoms with Crippen molar-refractivity contribution >= 4 is 11.9 Å². The summed E-state index contributed by atoms with van der Waals surface area (Å²) in [6.07, 6.45) is 8.24. The molecule has 126 valence electrons. The highest BCUT2D eigenvalue weighted by molar-refractivity contribution is 5.82. The summed E-state index contributed by atoms with van der Waals surface area (Å²) in [5.74, 6) is -0.487. The molecule has 0 heterocycles. The van der Waals surface area contributed by atoms with E-state index in [1.165, 1.54) is 11.6 Å². The van der Waals surface area contributed by atoms with E-state index in [9.17, 15) is 9.59 Å². The lowest BCUT2D eigenvalue weighted by Crippen LogP contribution is -2.05. The van der Waals surface area contributed by atoms with Gasteiger partial charge in [-0.2, -0.15) is 0 Å². The highest BCUT2D eigenvalue weighted by Crippen LogP contribution is 2.22. The van der Waals surface area contributed by atoms with Crippen LogP contribution in [0.3, 0.4) is 0 Å². The molecule has 0 bridgehead atoms. The average molecular weight is 310 g/mol. The van der Waals surface area contributed by atoms with E-state index in [-0.39, 0.29) is 11.9 Å². The third-order valence-electron chi connectivity index (χ3n) is 3.17. The lowest BCUT2D eigenvalue weighted by Gasteiger charge is -2.12. The molecule has 0 amide bonds. The van der Waals surface area contributed by atoms with Gasteiger partial charge in [0.1, 0.15) is 0 Å². The minimum Gasteiger partial charge on any atom is -0.466 e. The number of carbonyl (C=O) groups is 2. The van der Waals surface area contributed by atoms with E-state index in [2.05, 4.69) is 13.8 Å². The molecular formula is C18H30O4. The number of esters is 2. The second-order valence-corrected chi connectivity index (χ2v) is 5.02. The number of hydrogen-bond donors (Lipinski definition) is 0. The quantitative estimate of drug-likeness (QED) is 0.323. The van der Waals surface area contributed by atoms with Gasteiger partial charge in [0.15, 0.2) is 0 Å². The van der Waals surface area contributed by atoms with Crippen LogP contribution in [0.1, 0.15) is 66.2 Å². The number of carbonyl (C=O) groups excluding carboxylic acids is 2. The van der Waals surface area contributed by atoms with Crippen LogP contribution < -0.4 is 0 Å². The Morgan fingerprint density at radius 2 is 1.41 bits per heavy atom. The smallest absolute Gasteiger partial charge is 0.330 e. The summed E-state index contributed by atoms with van der Waals surface area (Å²) in [7, 11) is 0. The summed E-state index contributed by atoms with van der Waals surface area (Å²) in [6, 6.07) is 0. The van der Waals surface area contributed by atoms with Crippen LogP contribution in [0.4, 0.5) is 0 Å². The highest BCUT2D eigenvalue weighted by Gasteiger charge is 2.09. The van der Waals surface area contributed by atoms with Crippen LogP contribution in [0.2, 0.25) is 0 Å². The van der Waals surface area contributed by atoms with Crippen molar-refractivity contribution in [2.45, 2.75) is 66.2 Å². The third kappa shape index (κ3) is 9.37. The lowest BCUT2D eigenvalue weighted by molar-refractivity contribution is -0.143. The molecule has 0 N–H and O–H groups in total. The topological polar surface area (TPSA) is 52.6 Å². The van der Waals surface area contributed by atoms with Gasteiger partial charge in [0, 0.05) is 12.5 Å². The molecule has 4 nitrogen and oxygen atoms in total. The molecule has 0 saturated heterocycles. The van der Waals surface area contributed by atoms with Gasteiger partial charge in [0.2, 0.25) is 0 Å². The molecule has 4 heteroatoms. The van der Waals surface area contributed by atoms with Crippen molar-refractivity contribution in [3.05, 3.63) is 23.3 Å². The molecule has 0 spiro atoms. The average Bonchev–Trinajstić information content (AvgIpc) is 2.48. The van der Waals surface area contributed by atoms with Crippen LogP contribution in [0.25, 0.3) is 0 Å². The summed E-state index contributed by atoms with van der Waals surface area (Å²) in [5.41, 5.74) is 2.37. The van der Waals surface area contributed by atoms with E-state index in [0.717, 1.165) is 31.3 Å². The summed E-state index contributed by atoms with van der Waals surface area (Å²) in [5, 5.41) is 0. The van der Waals surface area contributed by atoms with E-state index in [1.807, 2.05) is 13.0 Å². The van der Waals surface area contributed by atoms with Crippen LogP contribution in [-0.4, -0.2) is 25.2 Å². The third-order valence-corrected chi connectivity index (χ3v) is 3.17. The first kappa shape index (κ1) is 20.4. The summed E-state index contributed by atoms with van der Waals surface area (Å²) >= 11 is 0. The van der Waals surface area contributed by atoms with Gasteiger partial charge < -0.3 is 9.47 Å². The van der Waals surface area contributed by atoms with Crippen LogP contribution in [-0.2, 0) is 19.1 Å². The predicted octanol–water partition coefficient (Wildman–Crippen LogP) is 4.35. The van der Waals surface area contributed by atoms with E-state index >= 15 is 0 Å². The molecular weight excluding hydrogens is 280 g/mol. The van der Waals surface area contributed by atoms with E-state index < -0.39 is 0 Å². The molecule has 0 aromatic heterocycles. The van der Waals surface area contributed by atoms with Crippen molar-refractivity contribution in [1.82, 2.24) is 0 Å². The Morgan fingerprint density at radius 1 is 0.773 bits per heavy atom. The summed E-state index contributed by atoms with van der Waals surface area (Å²) in [4.78, 5) is 23.0. The first-order valence-electron chi connectivity index (χ1n) is 8.30. The highest BCUT2D eigenvalue weighted by atomic mass is 16.5. The van der Waals surface area contributed by atoms with Crippen LogP contribution in [0.5, 0.6) is 0 Å². The first-order chi connectivity index (χ1) is 10.6. The van der Waals surface area contributed by atoms with Crippen LogP contribution in [0, 0.1) is 0 Å². The molecule has 0 radical (unpaired) electrons. The lowest BCUT2D eigenvalue weighted by atomic mass is 9.95. The van der Waals surface area contributed by atoms with E-state index in [1.54, 1.807) is 6.92 Å². The maximum Gasteiger partial charge on any atom is 0.330 e. The monoisotopic (exact) mass is 310 g/mol. The molecule has 0 aliphatic heterocycles. The summed E-state index contributed by atoms with van der Waals surface area (Å²) in [6.45, 7) is 8.61. The van der Waals surface area contributed by atoms with Gasteiger partial charge in [-0.3, -0.25) is 4.79 Å². The number of allylic oxidation sites excluding steroid dienone is 3. The molecule has 0 aliphatic rings. The zero-order valence-corrected chi connectivity index (χ0v) is 14.4. The molecule has 0 atom stereocenters. The molecule has 22 heavy (non-hydrogen) atoms. The molecule has 0 aliphatic carbocycles. The van der Waals surface area contributed by atoms with Gasteiger partial charge in [0.25, 0.3) is 0 Å². The Balaban J connectivity index is 5.01. The van der Waals surface area contributed by atoms with Gasteiger partial charge in [-0.15, -0.1) is 0 Å². The Labute approximate surface area is 134 Å². The van der Waals surface area contributed by atoms with Gasteiger partial charge in [-0.1, -0.05) is 38.3 Å². The van der Waals surface area contributed by atoms with Crippen molar-refractivity contribution in [2.75, 3.05) is 13.2 Å². The number of rotatable bonds is 11. The van der Waals surface area contributed by atoms with Crippen molar-refractivity contribution in [3.63, 3.8) is 0 Å². The Morgan fingerprint density at radius 3 is 1.95 bits per heavy atom. The van der Waals surface area contributed by atoms with Crippen molar-refractivity contribution in [2.24, 2.45) is 0 Å². The Hall–Kier alpha value is -1.58. The zero-order chi connectivity index (χ0) is 16.8. The number of ether oxygens (including phenoxy) is 2. The number of hydrogen-bond acceptors (Lipinski definition) is 4. The normalized spacial score (nSPS) is 12.2. The second kappa shape index (κ2) is 13.1. The summed E-state index contributed by atoms with van der Waals surface area (Å²) < 4.78 is 9.90. The minimum atomic E-state index is -0.322. The first-order valence-corrected chi connectivity index (χ1v) is 8.30. The van der Waals surface area contributed by atoms with Crippen LogP contribution >= 0.6 is 0 Å². The largest absolute Gasteiger partial charge is 0.466 e. The van der Waals surface area contributed by atoms with Crippen molar-refractivity contribution in [1.29, 1.82) is 0 Å². The molecule has 0 fully saturated rings. The zero-order valence-electron chi connectivity index (χ0n) is 14.4. The van der Waals surface area contributed by atoms with Crippen LogP contribution in [0.15, 0.2) is 23.3 Å². The fraction of sp³-hybridized carbons (Fsp3) is 0.667. The SMILES string of the molecule is CCCC(/C=C/C(=O)OCC)=C(/CCC)CCC(=O)OCC. The molecule has 0 unspecified atom stereocenters. The van der Waals surface area contributed by atoms with Gasteiger partial charge >= 0.3 is 11.9 Å². The molecule has 0 rings (SSSR count). The Bertz CT molecular complexity index is 394. The maximum absolute atomic E-state index is 11.5.